The van der Waals surface area contributed by atoms with Crippen molar-refractivity contribution in [1.82, 2.24) is 0 Å². The Kier molecular flexibility index (Phi) is 5.25. The molecular formula is C20H18N2O4S. The number of aryl methyl sites for hydroxylation is 1. The molecule has 0 aliphatic rings. The molecule has 6 nitrogen and oxygen atoms in total. The molecule has 0 aromatic heterocycles. The molecular weight excluding hydrogens is 364 g/mol. The number of para-hydroxylation sites is 1. The Balaban J connectivity index is 1.90. The second-order valence-corrected chi connectivity index (χ2v) is 7.34. The van der Waals surface area contributed by atoms with Gasteiger partial charge in [0.15, 0.2) is 0 Å². The van der Waals surface area contributed by atoms with E-state index < -0.39 is 16.1 Å². The highest BCUT2D eigenvalue weighted by molar-refractivity contribution is 7.86. The fraction of sp³-hybridized carbons (Fsp3) is 0.0500. The van der Waals surface area contributed by atoms with Crippen LogP contribution in [0.1, 0.15) is 5.56 Å². The number of nitrogens with one attached hydrogen (secondary N) is 2. The Labute approximate surface area is 157 Å². The zero-order chi connectivity index (χ0) is 19.4. The van der Waals surface area contributed by atoms with E-state index >= 15 is 0 Å². The topological polar surface area (TPSA) is 95.5 Å². The SMILES string of the molecule is Cc1cccc(S(=O)(=O)O)c1-c1cccc(NC(=O)Nc2ccccc2)c1. The Hall–Kier alpha value is -3.16. The lowest BCUT2D eigenvalue weighted by molar-refractivity contribution is 0.262. The summed E-state index contributed by atoms with van der Waals surface area (Å²) in [4.78, 5) is 12.0. The number of benzene rings is 3. The van der Waals surface area contributed by atoms with Crippen molar-refractivity contribution in [3.8, 4) is 11.1 Å². The van der Waals surface area contributed by atoms with Crippen molar-refractivity contribution in [3.63, 3.8) is 0 Å². The van der Waals surface area contributed by atoms with E-state index in [0.717, 1.165) is 0 Å². The molecule has 0 aliphatic carbocycles. The van der Waals surface area contributed by atoms with Gasteiger partial charge in [-0.05, 0) is 48.4 Å². The van der Waals surface area contributed by atoms with Gasteiger partial charge < -0.3 is 10.6 Å². The maximum Gasteiger partial charge on any atom is 0.323 e. The molecule has 2 amide bonds. The van der Waals surface area contributed by atoms with Crippen molar-refractivity contribution in [1.29, 1.82) is 0 Å². The summed E-state index contributed by atoms with van der Waals surface area (Å²) in [7, 11) is -4.38. The molecule has 0 heterocycles. The van der Waals surface area contributed by atoms with E-state index in [9.17, 15) is 17.8 Å². The highest BCUT2D eigenvalue weighted by Crippen LogP contribution is 2.32. The quantitative estimate of drug-likeness (QED) is 0.577. The largest absolute Gasteiger partial charge is 0.323 e. The van der Waals surface area contributed by atoms with E-state index in [2.05, 4.69) is 10.6 Å². The van der Waals surface area contributed by atoms with Crippen LogP contribution in [-0.2, 0) is 10.1 Å². The van der Waals surface area contributed by atoms with Gasteiger partial charge in [-0.3, -0.25) is 4.55 Å². The lowest BCUT2D eigenvalue weighted by Crippen LogP contribution is -2.19. The monoisotopic (exact) mass is 382 g/mol. The Bertz CT molecular complexity index is 1080. The maximum atomic E-state index is 12.2. The summed E-state index contributed by atoms with van der Waals surface area (Å²) in [6.45, 7) is 1.76. The fourth-order valence-electron chi connectivity index (χ4n) is 2.79. The molecule has 138 valence electrons. The van der Waals surface area contributed by atoms with E-state index in [4.69, 9.17) is 0 Å². The lowest BCUT2D eigenvalue weighted by atomic mass is 10.00. The van der Waals surface area contributed by atoms with Crippen LogP contribution in [0.3, 0.4) is 0 Å². The van der Waals surface area contributed by atoms with Crippen LogP contribution in [0.5, 0.6) is 0 Å². The predicted octanol–water partition coefficient (Wildman–Crippen LogP) is 4.55. The summed E-state index contributed by atoms with van der Waals surface area (Å²) in [5, 5.41) is 5.43. The van der Waals surface area contributed by atoms with Crippen molar-refractivity contribution in [2.45, 2.75) is 11.8 Å². The normalized spacial score (nSPS) is 11.0. The molecule has 0 spiro atoms. The highest BCUT2D eigenvalue weighted by Gasteiger charge is 2.18. The number of rotatable bonds is 4. The average molecular weight is 382 g/mol. The number of hydrogen-bond donors (Lipinski definition) is 3. The number of amides is 2. The predicted molar refractivity (Wildman–Crippen MR) is 106 cm³/mol. The van der Waals surface area contributed by atoms with Gasteiger partial charge >= 0.3 is 6.03 Å². The zero-order valence-corrected chi connectivity index (χ0v) is 15.3. The van der Waals surface area contributed by atoms with Crippen LogP contribution in [0.4, 0.5) is 16.2 Å². The molecule has 27 heavy (non-hydrogen) atoms. The third-order valence-corrected chi connectivity index (χ3v) is 4.85. The molecule has 0 radical (unpaired) electrons. The van der Waals surface area contributed by atoms with E-state index in [-0.39, 0.29) is 4.90 Å². The number of carbonyl (C=O) groups is 1. The first-order valence-electron chi connectivity index (χ1n) is 8.15. The van der Waals surface area contributed by atoms with Crippen LogP contribution in [0.15, 0.2) is 77.7 Å². The van der Waals surface area contributed by atoms with Gasteiger partial charge in [0.2, 0.25) is 0 Å². The summed E-state index contributed by atoms with van der Waals surface area (Å²) in [5.41, 5.74) is 2.80. The van der Waals surface area contributed by atoms with Crippen molar-refractivity contribution >= 4 is 27.5 Å². The van der Waals surface area contributed by atoms with Crippen molar-refractivity contribution in [2.24, 2.45) is 0 Å². The van der Waals surface area contributed by atoms with Gasteiger partial charge in [0.1, 0.15) is 4.90 Å². The van der Waals surface area contributed by atoms with E-state index in [0.29, 0.717) is 28.1 Å². The first-order chi connectivity index (χ1) is 12.8. The minimum Gasteiger partial charge on any atom is -0.308 e. The molecule has 0 aliphatic heterocycles. The van der Waals surface area contributed by atoms with Crippen LogP contribution in [0.25, 0.3) is 11.1 Å². The molecule has 0 saturated carbocycles. The third kappa shape index (κ3) is 4.52. The standard InChI is InChI=1S/C20H18N2O4S/c1-14-7-5-12-18(27(24,25)26)19(14)15-8-6-11-17(13-15)22-20(23)21-16-9-3-2-4-10-16/h2-13H,1H3,(H2,21,22,23)(H,24,25,26). The van der Waals surface area contributed by atoms with Gasteiger partial charge in [-0.2, -0.15) is 8.42 Å². The zero-order valence-electron chi connectivity index (χ0n) is 14.5. The summed E-state index contributed by atoms with van der Waals surface area (Å²) in [6.07, 6.45) is 0. The van der Waals surface area contributed by atoms with Gasteiger partial charge in [0.25, 0.3) is 10.1 Å². The summed E-state index contributed by atoms with van der Waals surface area (Å²) in [5.74, 6) is 0. The molecule has 7 heteroatoms. The maximum absolute atomic E-state index is 12.2. The van der Waals surface area contributed by atoms with Crippen molar-refractivity contribution in [3.05, 3.63) is 78.4 Å². The first-order valence-corrected chi connectivity index (χ1v) is 9.59. The van der Waals surface area contributed by atoms with E-state index in [1.54, 1.807) is 55.5 Å². The summed E-state index contributed by atoms with van der Waals surface area (Å²) >= 11 is 0. The summed E-state index contributed by atoms with van der Waals surface area (Å²) < 4.78 is 33.0. The third-order valence-electron chi connectivity index (χ3n) is 3.95. The average Bonchev–Trinajstić information content (AvgIpc) is 2.61. The Morgan fingerprint density at radius 2 is 1.48 bits per heavy atom. The Morgan fingerprint density at radius 3 is 2.19 bits per heavy atom. The second-order valence-electron chi connectivity index (χ2n) is 5.95. The first kappa shape index (κ1) is 18.6. The molecule has 0 bridgehead atoms. The minimum absolute atomic E-state index is 0.173. The van der Waals surface area contributed by atoms with Gasteiger partial charge in [0.05, 0.1) is 0 Å². The molecule has 3 aromatic carbocycles. The molecule has 0 atom stereocenters. The molecule has 0 fully saturated rings. The van der Waals surface area contributed by atoms with Gasteiger partial charge in [0, 0.05) is 16.9 Å². The fourth-order valence-corrected chi connectivity index (χ4v) is 3.58. The minimum atomic E-state index is -4.38. The smallest absolute Gasteiger partial charge is 0.308 e. The lowest BCUT2D eigenvalue weighted by Gasteiger charge is -2.13. The van der Waals surface area contributed by atoms with Gasteiger partial charge in [-0.15, -0.1) is 0 Å². The van der Waals surface area contributed by atoms with Crippen molar-refractivity contribution < 1.29 is 17.8 Å². The van der Waals surface area contributed by atoms with Gasteiger partial charge in [-0.1, -0.05) is 42.5 Å². The van der Waals surface area contributed by atoms with E-state index in [1.165, 1.54) is 6.07 Å². The van der Waals surface area contributed by atoms with Crippen LogP contribution >= 0.6 is 0 Å². The highest BCUT2D eigenvalue weighted by atomic mass is 32.2. The number of hydrogen-bond acceptors (Lipinski definition) is 3. The molecule has 3 rings (SSSR count). The van der Waals surface area contributed by atoms with Crippen LogP contribution < -0.4 is 10.6 Å². The van der Waals surface area contributed by atoms with Crippen LogP contribution in [0.2, 0.25) is 0 Å². The molecule has 0 saturated heterocycles. The summed E-state index contributed by atoms with van der Waals surface area (Å²) in [6, 6.07) is 20.0. The van der Waals surface area contributed by atoms with Gasteiger partial charge in [-0.25, -0.2) is 4.79 Å². The molecule has 3 N–H and O–H groups in total. The van der Waals surface area contributed by atoms with Crippen molar-refractivity contribution in [2.75, 3.05) is 10.6 Å². The number of anilines is 2. The number of carbonyl (C=O) groups excluding carboxylic acids is 1. The second kappa shape index (κ2) is 7.61. The van der Waals surface area contributed by atoms with Crippen LogP contribution in [0, 0.1) is 6.92 Å². The van der Waals surface area contributed by atoms with Crippen LogP contribution in [-0.4, -0.2) is 19.0 Å². The van der Waals surface area contributed by atoms with E-state index in [1.807, 2.05) is 18.2 Å². The number of urea groups is 1. The molecule has 3 aromatic rings. The molecule has 0 unspecified atom stereocenters. The Morgan fingerprint density at radius 1 is 0.852 bits per heavy atom.